The highest BCUT2D eigenvalue weighted by Gasteiger charge is 1.91. The predicted octanol–water partition coefficient (Wildman–Crippen LogP) is 1.71. The Morgan fingerprint density at radius 1 is 1.29 bits per heavy atom. The Morgan fingerprint density at radius 3 is 2.79 bits per heavy atom. The van der Waals surface area contributed by atoms with Gasteiger partial charge < -0.3 is 5.32 Å². The van der Waals surface area contributed by atoms with Gasteiger partial charge in [-0.15, -0.1) is 0 Å². The molecular formula is C10H17N3S. The summed E-state index contributed by atoms with van der Waals surface area (Å²) in [6.07, 6.45) is 9.94. The first-order chi connectivity index (χ1) is 6.93. The summed E-state index contributed by atoms with van der Waals surface area (Å²) < 4.78 is 0. The van der Waals surface area contributed by atoms with Crippen LogP contribution in [0.2, 0.25) is 0 Å². The summed E-state index contributed by atoms with van der Waals surface area (Å²) in [6, 6.07) is 0. The highest BCUT2D eigenvalue weighted by Crippen LogP contribution is 1.98. The summed E-state index contributed by atoms with van der Waals surface area (Å²) in [4.78, 5) is 7.92. The van der Waals surface area contributed by atoms with E-state index in [1.807, 2.05) is 24.2 Å². The predicted molar refractivity (Wildman–Crippen MR) is 61.4 cm³/mol. The fourth-order valence-corrected chi connectivity index (χ4v) is 1.64. The van der Waals surface area contributed by atoms with Crippen molar-refractivity contribution in [3.05, 3.63) is 24.3 Å². The molecule has 0 aliphatic heterocycles. The van der Waals surface area contributed by atoms with Crippen molar-refractivity contribution >= 4 is 11.8 Å². The van der Waals surface area contributed by atoms with Gasteiger partial charge in [0.2, 0.25) is 0 Å². The first-order valence-corrected chi connectivity index (χ1v) is 6.26. The molecule has 0 aliphatic carbocycles. The van der Waals surface area contributed by atoms with Crippen LogP contribution < -0.4 is 5.32 Å². The minimum atomic E-state index is 0.875. The summed E-state index contributed by atoms with van der Waals surface area (Å²) in [7, 11) is 0. The van der Waals surface area contributed by atoms with Crippen LogP contribution in [0.15, 0.2) is 18.7 Å². The van der Waals surface area contributed by atoms with E-state index in [9.17, 15) is 0 Å². The zero-order valence-electron chi connectivity index (χ0n) is 8.57. The molecule has 1 aromatic rings. The molecule has 0 aliphatic rings. The molecule has 0 fully saturated rings. The molecule has 0 radical (unpaired) electrons. The largest absolute Gasteiger partial charge is 0.313 e. The van der Waals surface area contributed by atoms with Crippen LogP contribution in [-0.2, 0) is 6.54 Å². The van der Waals surface area contributed by atoms with Gasteiger partial charge in [-0.25, -0.2) is 9.97 Å². The minimum Gasteiger partial charge on any atom is -0.313 e. The van der Waals surface area contributed by atoms with Gasteiger partial charge in [0.05, 0.1) is 0 Å². The van der Waals surface area contributed by atoms with Crippen molar-refractivity contribution in [2.45, 2.75) is 19.4 Å². The zero-order valence-corrected chi connectivity index (χ0v) is 9.39. The van der Waals surface area contributed by atoms with Gasteiger partial charge in [-0.3, -0.25) is 0 Å². The molecule has 4 heteroatoms. The normalized spacial score (nSPS) is 10.4. The second kappa shape index (κ2) is 7.76. The van der Waals surface area contributed by atoms with E-state index in [0.29, 0.717) is 0 Å². The van der Waals surface area contributed by atoms with E-state index in [1.54, 1.807) is 6.33 Å². The Morgan fingerprint density at radius 2 is 2.07 bits per heavy atom. The molecule has 1 N–H and O–H groups in total. The van der Waals surface area contributed by atoms with E-state index >= 15 is 0 Å². The van der Waals surface area contributed by atoms with Crippen LogP contribution in [0.5, 0.6) is 0 Å². The van der Waals surface area contributed by atoms with E-state index in [-0.39, 0.29) is 0 Å². The van der Waals surface area contributed by atoms with Crippen LogP contribution in [0.3, 0.4) is 0 Å². The molecule has 0 amide bonds. The maximum atomic E-state index is 3.96. The SMILES string of the molecule is CSCCCCNCc1cncnc1. The topological polar surface area (TPSA) is 37.8 Å². The van der Waals surface area contributed by atoms with Crippen LogP contribution in [0.25, 0.3) is 0 Å². The zero-order chi connectivity index (χ0) is 10.1. The van der Waals surface area contributed by atoms with Gasteiger partial charge in [-0.2, -0.15) is 11.8 Å². The number of rotatable bonds is 7. The number of nitrogens with one attached hydrogen (secondary N) is 1. The van der Waals surface area contributed by atoms with E-state index in [2.05, 4.69) is 21.5 Å². The van der Waals surface area contributed by atoms with Crippen molar-refractivity contribution in [3.8, 4) is 0 Å². The van der Waals surface area contributed by atoms with E-state index in [1.165, 1.54) is 18.6 Å². The lowest BCUT2D eigenvalue weighted by molar-refractivity contribution is 0.641. The van der Waals surface area contributed by atoms with Gasteiger partial charge in [0.1, 0.15) is 6.33 Å². The fraction of sp³-hybridized carbons (Fsp3) is 0.600. The highest BCUT2D eigenvalue weighted by molar-refractivity contribution is 7.98. The van der Waals surface area contributed by atoms with Gasteiger partial charge >= 0.3 is 0 Å². The molecule has 3 nitrogen and oxygen atoms in total. The Kier molecular flexibility index (Phi) is 6.36. The number of hydrogen-bond donors (Lipinski definition) is 1. The van der Waals surface area contributed by atoms with Gasteiger partial charge in [-0.05, 0) is 31.4 Å². The van der Waals surface area contributed by atoms with Crippen LogP contribution in [0.4, 0.5) is 0 Å². The molecule has 0 saturated heterocycles. The second-order valence-electron chi connectivity index (χ2n) is 3.12. The Bertz CT molecular complexity index is 228. The number of nitrogens with zero attached hydrogens (tertiary/aromatic N) is 2. The quantitative estimate of drug-likeness (QED) is 0.697. The van der Waals surface area contributed by atoms with Crippen LogP contribution >= 0.6 is 11.8 Å². The summed E-state index contributed by atoms with van der Waals surface area (Å²) in [5.74, 6) is 1.26. The number of unbranched alkanes of at least 4 members (excludes halogenated alkanes) is 1. The van der Waals surface area contributed by atoms with Crippen LogP contribution in [0.1, 0.15) is 18.4 Å². The van der Waals surface area contributed by atoms with Crippen molar-refractivity contribution < 1.29 is 0 Å². The molecule has 0 atom stereocenters. The molecule has 0 spiro atoms. The Balaban J connectivity index is 1.99. The first-order valence-electron chi connectivity index (χ1n) is 4.87. The van der Waals surface area contributed by atoms with E-state index < -0.39 is 0 Å². The third kappa shape index (κ3) is 5.19. The molecule has 0 unspecified atom stereocenters. The maximum absolute atomic E-state index is 3.96. The molecule has 1 rings (SSSR count). The molecule has 14 heavy (non-hydrogen) atoms. The van der Waals surface area contributed by atoms with E-state index in [4.69, 9.17) is 0 Å². The molecule has 0 saturated carbocycles. The summed E-state index contributed by atoms with van der Waals surface area (Å²) in [5.41, 5.74) is 1.15. The maximum Gasteiger partial charge on any atom is 0.115 e. The van der Waals surface area contributed by atoms with Crippen molar-refractivity contribution in [3.63, 3.8) is 0 Å². The second-order valence-corrected chi connectivity index (χ2v) is 4.11. The summed E-state index contributed by atoms with van der Waals surface area (Å²) in [5, 5.41) is 3.37. The molecule has 0 bridgehead atoms. The monoisotopic (exact) mass is 211 g/mol. The average Bonchev–Trinajstić information content (AvgIpc) is 2.25. The third-order valence-electron chi connectivity index (χ3n) is 1.90. The van der Waals surface area contributed by atoms with Gasteiger partial charge in [0, 0.05) is 24.5 Å². The summed E-state index contributed by atoms with van der Waals surface area (Å²) >= 11 is 1.91. The van der Waals surface area contributed by atoms with Gasteiger partial charge in [-0.1, -0.05) is 0 Å². The standard InChI is InChI=1S/C10H17N3S/c1-14-5-3-2-4-11-6-10-7-12-9-13-8-10/h7-9,11H,2-6H2,1H3. The fourth-order valence-electron chi connectivity index (χ4n) is 1.15. The summed E-state index contributed by atoms with van der Waals surface area (Å²) in [6.45, 7) is 1.95. The molecule has 78 valence electrons. The van der Waals surface area contributed by atoms with Gasteiger partial charge in [0.25, 0.3) is 0 Å². The lowest BCUT2D eigenvalue weighted by Crippen LogP contribution is -2.15. The van der Waals surface area contributed by atoms with Gasteiger partial charge in [0.15, 0.2) is 0 Å². The highest BCUT2D eigenvalue weighted by atomic mass is 32.2. The van der Waals surface area contributed by atoms with Crippen molar-refractivity contribution in [1.29, 1.82) is 0 Å². The van der Waals surface area contributed by atoms with E-state index in [0.717, 1.165) is 18.7 Å². The number of aromatic nitrogens is 2. The molecule has 1 heterocycles. The Hall–Kier alpha value is -0.610. The number of thioether (sulfide) groups is 1. The minimum absolute atomic E-state index is 0.875. The molecule has 1 aromatic heterocycles. The van der Waals surface area contributed by atoms with Crippen molar-refractivity contribution in [2.75, 3.05) is 18.6 Å². The first kappa shape index (κ1) is 11.5. The molecular weight excluding hydrogens is 194 g/mol. The average molecular weight is 211 g/mol. The Labute approximate surface area is 89.7 Å². The lowest BCUT2D eigenvalue weighted by atomic mass is 10.3. The third-order valence-corrected chi connectivity index (χ3v) is 2.59. The van der Waals surface area contributed by atoms with Crippen LogP contribution in [-0.4, -0.2) is 28.5 Å². The number of hydrogen-bond acceptors (Lipinski definition) is 4. The molecule has 0 aromatic carbocycles. The smallest absolute Gasteiger partial charge is 0.115 e. The lowest BCUT2D eigenvalue weighted by Gasteiger charge is -2.03. The van der Waals surface area contributed by atoms with Crippen molar-refractivity contribution in [1.82, 2.24) is 15.3 Å². The van der Waals surface area contributed by atoms with Crippen molar-refractivity contribution in [2.24, 2.45) is 0 Å². The van der Waals surface area contributed by atoms with Crippen LogP contribution in [0, 0.1) is 0 Å².